The van der Waals surface area contributed by atoms with E-state index < -0.39 is 0 Å². The van der Waals surface area contributed by atoms with Crippen LogP contribution in [0.4, 0.5) is 0 Å². The zero-order valence-electron chi connectivity index (χ0n) is 94.7. The van der Waals surface area contributed by atoms with E-state index in [1.165, 1.54) is 293 Å². The van der Waals surface area contributed by atoms with Gasteiger partial charge in [-0.15, -0.1) is 11.8 Å². The molecule has 0 saturated heterocycles. The minimum absolute atomic E-state index is 0. The number of allylic oxidation sites excluding steroid dienone is 2. The molecule has 0 aliphatic heterocycles. The van der Waals surface area contributed by atoms with Crippen molar-refractivity contribution < 1.29 is 0 Å². The molecule has 0 spiro atoms. The molecule has 4 unspecified atom stereocenters. The molecule has 0 aromatic heterocycles. The second-order valence-electron chi connectivity index (χ2n) is 41.6. The molecule has 4 aliphatic carbocycles. The van der Waals surface area contributed by atoms with E-state index >= 15 is 0 Å². The third-order valence-electron chi connectivity index (χ3n) is 28.4. The second kappa shape index (κ2) is 69.5. The van der Waals surface area contributed by atoms with Gasteiger partial charge in [0.2, 0.25) is 0 Å². The highest BCUT2D eigenvalue weighted by atomic mass is 14.4. The second-order valence-corrected chi connectivity index (χ2v) is 41.6. The molecular weight excluding hydrogens is 1630 g/mol. The van der Waals surface area contributed by atoms with Gasteiger partial charge in [-0.25, -0.2) is 0 Å². The highest BCUT2D eigenvalue weighted by Crippen LogP contribution is 2.45. The van der Waals surface area contributed by atoms with Crippen molar-refractivity contribution in [2.75, 3.05) is 0 Å². The third-order valence-corrected chi connectivity index (χ3v) is 28.4. The van der Waals surface area contributed by atoms with Crippen molar-refractivity contribution in [2.45, 2.75) is 406 Å². The summed E-state index contributed by atoms with van der Waals surface area (Å²) >= 11 is 0. The van der Waals surface area contributed by atoms with Gasteiger partial charge in [0.15, 0.2) is 0 Å². The maximum absolute atomic E-state index is 2.68. The Balaban J connectivity index is 0.00000145. The molecule has 4 aliphatic rings. The van der Waals surface area contributed by atoms with Gasteiger partial charge in [-0.05, 0) is 414 Å². The van der Waals surface area contributed by atoms with E-state index in [1.54, 1.807) is 0 Å². The number of benzene rings is 11. The summed E-state index contributed by atoms with van der Waals surface area (Å²) < 4.78 is 0. The van der Waals surface area contributed by atoms with E-state index in [-0.39, 0.29) is 12.8 Å². The van der Waals surface area contributed by atoms with Gasteiger partial charge in [0.05, 0.1) is 0 Å². The van der Waals surface area contributed by atoms with Gasteiger partial charge in [-0.2, -0.15) is 0 Å². The van der Waals surface area contributed by atoms with Crippen LogP contribution in [0.15, 0.2) is 212 Å². The molecule has 4 fully saturated rings. The Morgan fingerprint density at radius 1 is 0.213 bits per heavy atom. The van der Waals surface area contributed by atoms with Crippen LogP contribution < -0.4 is 0 Å². The fourth-order valence-electron chi connectivity index (χ4n) is 17.4. The van der Waals surface area contributed by atoms with Crippen LogP contribution >= 0.6 is 0 Å². The summed E-state index contributed by atoms with van der Waals surface area (Å²) in [4.78, 5) is 0. The van der Waals surface area contributed by atoms with Crippen molar-refractivity contribution in [2.24, 2.45) is 35.5 Å². The Morgan fingerprint density at radius 3 is 0.721 bits per heavy atom. The van der Waals surface area contributed by atoms with Crippen molar-refractivity contribution in [1.82, 2.24) is 0 Å². The normalized spacial score (nSPS) is 16.0. The quantitative estimate of drug-likeness (QED) is 0.120. The van der Waals surface area contributed by atoms with E-state index in [0.717, 1.165) is 35.5 Å². The van der Waals surface area contributed by atoms with E-state index in [0.29, 0.717) is 0 Å². The van der Waals surface area contributed by atoms with Crippen LogP contribution in [0.2, 0.25) is 0 Å². The van der Waals surface area contributed by atoms with Crippen molar-refractivity contribution in [3.63, 3.8) is 0 Å². The Hall–Kier alpha value is -9.28. The maximum atomic E-state index is 2.68. The van der Waals surface area contributed by atoms with Gasteiger partial charge in [-0.1, -0.05) is 418 Å². The first kappa shape index (κ1) is 127. The zero-order valence-corrected chi connectivity index (χ0v) is 94.7. The van der Waals surface area contributed by atoms with Crippen LogP contribution in [0.3, 0.4) is 0 Å². The fourth-order valence-corrected chi connectivity index (χ4v) is 17.4. The molecule has 15 rings (SSSR count). The predicted octanol–water partition coefficient (Wildman–Crippen LogP) is 41.4. The predicted molar refractivity (Wildman–Crippen MR) is 618 cm³/mol. The molecule has 4 atom stereocenters. The minimum atomic E-state index is 0. The smallest absolute Gasteiger partial charge is 0.0202 e. The summed E-state index contributed by atoms with van der Waals surface area (Å²) in [6, 6.07) is 72.6. The number of aryl methyl sites for hydroxylation is 26. The van der Waals surface area contributed by atoms with Gasteiger partial charge >= 0.3 is 0 Å². The van der Waals surface area contributed by atoms with Crippen molar-refractivity contribution in [1.29, 1.82) is 0 Å². The molecule has 746 valence electrons. The molecule has 0 bridgehead atoms. The Bertz CT molecular complexity index is 4810. The average Bonchev–Trinajstić information content (AvgIpc) is 0.769. The molecule has 0 nitrogen and oxygen atoms in total. The van der Waals surface area contributed by atoms with Crippen molar-refractivity contribution >= 4 is 0 Å². The fraction of sp³-hybridized carbons (Fsp3) is 0.485. The van der Waals surface area contributed by atoms with Crippen LogP contribution in [0, 0.1) is 262 Å². The van der Waals surface area contributed by atoms with Gasteiger partial charge in [-0.3, -0.25) is 0 Å². The topological polar surface area (TPSA) is 0 Å². The number of hydrogen-bond acceptors (Lipinski definition) is 0. The van der Waals surface area contributed by atoms with E-state index in [2.05, 4.69) is 468 Å². The van der Waals surface area contributed by atoms with Crippen LogP contribution in [0.5, 0.6) is 0 Å². The van der Waals surface area contributed by atoms with Gasteiger partial charge in [0.25, 0.3) is 0 Å². The first-order valence-corrected chi connectivity index (χ1v) is 51.9. The van der Waals surface area contributed by atoms with Gasteiger partial charge in [0, 0.05) is 5.41 Å². The summed E-state index contributed by atoms with van der Waals surface area (Å²) in [5, 5.41) is 0. The van der Waals surface area contributed by atoms with Crippen LogP contribution in [-0.4, -0.2) is 0 Å². The Labute approximate surface area is 843 Å². The van der Waals surface area contributed by atoms with Crippen LogP contribution in [0.25, 0.3) is 0 Å². The lowest BCUT2D eigenvalue weighted by atomic mass is 9.65. The molecule has 4 saturated carbocycles. The van der Waals surface area contributed by atoms with Crippen molar-refractivity contribution in [3.05, 3.63) is 396 Å². The standard InChI is InChI=1S/C20H24.4C10H14.3C9H12.C8H16.C8H10.C8H16.C8H10.C8H16.C4H8.C4H6.CH4/c1-16-6-10-18(11-7-16)20(14-4-3-5-15-20)19-12-8-17(2)9-13-19;1-7-5-9(3)10(4)6-8(7)2;2*1-7-5-8(2)10(4)9(3)6-7;1-7-5-6-8(2)10(4)9(7)3;1-7-4-8(2)6-9(3)5-7;1-7-4-5-8(2)9(3)6-7;1-7-5-4-6-8(2)9(7)3;2*1-7-3-5-8(2)6-4-7;2*1-7-4-3-5-8(2)6-7;1-7-5-3-4-6-8(7)2;2*1-3-4-2;/h6-13H,3-5,14-15H2,1-2H3;4*5-6H,1-4H3;3*4-6H,1-3H3;7-8H,3-6H2,1-2H3;3-6H,1-2H3;7-8H,3-6H2,1-2H3;3-6H,1-2H3;7-8H,3-6H2,1-2H3;3-4H,1-2H3;1-2H3;1H4/b;;;;;;;;;;;;;4-3+;;. The summed E-state index contributed by atoms with van der Waals surface area (Å²) in [5.41, 5.74) is 46.0. The highest BCUT2D eigenvalue weighted by molar-refractivity contribution is 5.44. The lowest BCUT2D eigenvalue weighted by molar-refractivity contribution is 0.277. The molecule has 0 radical (unpaired) electrons. The summed E-state index contributed by atoms with van der Waals surface area (Å²) in [5.74, 6) is 11.4. The summed E-state index contributed by atoms with van der Waals surface area (Å²) in [6.45, 7) is 88.4. The van der Waals surface area contributed by atoms with E-state index in [4.69, 9.17) is 0 Å². The monoisotopic (exact) mass is 1840 g/mol. The number of rotatable bonds is 2. The molecule has 0 heterocycles. The average molecular weight is 1840 g/mol. The Kier molecular flexibility index (Phi) is 64.8. The molecule has 11 aromatic rings. The van der Waals surface area contributed by atoms with E-state index in [1.807, 2.05) is 39.8 Å². The lowest BCUT2D eigenvalue weighted by Gasteiger charge is -2.38. The molecule has 136 heavy (non-hydrogen) atoms. The first-order valence-electron chi connectivity index (χ1n) is 51.9. The zero-order chi connectivity index (χ0) is 102. The largest absolute Gasteiger partial charge is 0.107 e. The number of hydrogen-bond donors (Lipinski definition) is 0. The Morgan fingerprint density at radius 2 is 0.463 bits per heavy atom. The molecular formula is C136H202. The molecule has 0 heteroatoms. The SMILES string of the molecule is C.C/C=C/C.CC#CC.CC1CCC(C)CC1.CC1CCCC(C)C1.CC1CCCCC1C.Cc1cc(C)c(C)c(C)c1.Cc1cc(C)c(C)c(C)c1.Cc1cc(C)c(C)cc1C.Cc1cc(C)cc(C)c1.Cc1ccc(C)c(C)c1.Cc1ccc(C)c(C)c1C.Cc1ccc(C)cc1.Cc1ccc(C2(c3ccc(C)cc3)CCCCC2)cc1.Cc1cccc(C)c1.Cc1cccc(C)c1C. The van der Waals surface area contributed by atoms with E-state index in [9.17, 15) is 0 Å². The minimum Gasteiger partial charge on any atom is -0.107 e. The molecule has 0 amide bonds. The van der Waals surface area contributed by atoms with Crippen LogP contribution in [-0.2, 0) is 5.41 Å². The summed E-state index contributed by atoms with van der Waals surface area (Å²) in [6.07, 6.45) is 28.4. The van der Waals surface area contributed by atoms with Gasteiger partial charge < -0.3 is 0 Å². The van der Waals surface area contributed by atoms with Crippen LogP contribution in [0.1, 0.15) is 369 Å². The van der Waals surface area contributed by atoms with Crippen molar-refractivity contribution in [3.8, 4) is 11.8 Å². The first-order chi connectivity index (χ1) is 63.5. The molecule has 11 aromatic carbocycles. The maximum Gasteiger partial charge on any atom is 0.0202 e. The third kappa shape index (κ3) is 53.0. The van der Waals surface area contributed by atoms with Gasteiger partial charge in [0.1, 0.15) is 0 Å². The summed E-state index contributed by atoms with van der Waals surface area (Å²) in [7, 11) is 0. The lowest BCUT2D eigenvalue weighted by Crippen LogP contribution is -2.30. The molecule has 0 N–H and O–H groups in total. The highest BCUT2D eigenvalue weighted by Gasteiger charge is 2.35.